The number of methoxy groups -OCH3 is 1. The number of rotatable bonds is 8. The first kappa shape index (κ1) is 20.9. The van der Waals surface area contributed by atoms with Crippen LogP contribution in [0.3, 0.4) is 0 Å². The standard InChI is InChI=1S/C23H26N2O3S/c1-5-28-19-12-8-17(14-20(19)27-4)9-13-21(26)24-23-25-22(16(3)29-23)18-10-6-15(2)7-11-18/h6-8,10-12,14H,5,9,13H2,1-4H3,(H,24,25,26). The third-order valence-electron chi connectivity index (χ3n) is 4.54. The number of hydrogen-bond donors (Lipinski definition) is 1. The van der Waals surface area contributed by atoms with Crippen molar-refractivity contribution in [1.82, 2.24) is 4.98 Å². The molecular weight excluding hydrogens is 384 g/mol. The Labute approximate surface area is 175 Å². The van der Waals surface area contributed by atoms with Crippen molar-refractivity contribution in [3.05, 3.63) is 58.5 Å². The van der Waals surface area contributed by atoms with E-state index >= 15 is 0 Å². The Morgan fingerprint density at radius 2 is 1.86 bits per heavy atom. The number of aryl methyl sites for hydroxylation is 3. The first-order valence-electron chi connectivity index (χ1n) is 9.64. The number of nitrogens with one attached hydrogen (secondary N) is 1. The molecule has 29 heavy (non-hydrogen) atoms. The zero-order chi connectivity index (χ0) is 20.8. The molecule has 3 aromatic rings. The van der Waals surface area contributed by atoms with Gasteiger partial charge in [-0.2, -0.15) is 0 Å². The third-order valence-corrected chi connectivity index (χ3v) is 5.42. The minimum Gasteiger partial charge on any atom is -0.493 e. The van der Waals surface area contributed by atoms with Crippen molar-refractivity contribution in [2.24, 2.45) is 0 Å². The molecule has 0 fully saturated rings. The summed E-state index contributed by atoms with van der Waals surface area (Å²) in [5.41, 5.74) is 4.21. The lowest BCUT2D eigenvalue weighted by Crippen LogP contribution is -2.12. The Hall–Kier alpha value is -2.86. The summed E-state index contributed by atoms with van der Waals surface area (Å²) in [6.07, 6.45) is 0.986. The van der Waals surface area contributed by atoms with Crippen molar-refractivity contribution in [1.29, 1.82) is 0 Å². The van der Waals surface area contributed by atoms with Gasteiger partial charge in [-0.1, -0.05) is 35.9 Å². The third kappa shape index (κ3) is 5.35. The number of thiazole rings is 1. The summed E-state index contributed by atoms with van der Waals surface area (Å²) in [4.78, 5) is 18.1. The molecule has 3 rings (SSSR count). The molecule has 0 aliphatic rings. The van der Waals surface area contributed by atoms with Crippen LogP contribution in [-0.4, -0.2) is 24.6 Å². The van der Waals surface area contributed by atoms with Gasteiger partial charge >= 0.3 is 0 Å². The van der Waals surface area contributed by atoms with Crippen molar-refractivity contribution < 1.29 is 14.3 Å². The van der Waals surface area contributed by atoms with Crippen LogP contribution in [0, 0.1) is 13.8 Å². The summed E-state index contributed by atoms with van der Waals surface area (Å²) >= 11 is 1.50. The van der Waals surface area contributed by atoms with Crippen molar-refractivity contribution in [3.63, 3.8) is 0 Å². The van der Waals surface area contributed by atoms with Crippen LogP contribution >= 0.6 is 11.3 Å². The molecule has 0 saturated carbocycles. The van der Waals surface area contributed by atoms with Crippen LogP contribution in [-0.2, 0) is 11.2 Å². The highest BCUT2D eigenvalue weighted by atomic mass is 32.1. The molecule has 1 N–H and O–H groups in total. The van der Waals surface area contributed by atoms with Gasteiger partial charge in [0.2, 0.25) is 5.91 Å². The molecule has 0 unspecified atom stereocenters. The highest BCUT2D eigenvalue weighted by molar-refractivity contribution is 7.16. The second kappa shape index (κ2) is 9.56. The topological polar surface area (TPSA) is 60.5 Å². The lowest BCUT2D eigenvalue weighted by molar-refractivity contribution is -0.116. The van der Waals surface area contributed by atoms with Gasteiger partial charge in [-0.25, -0.2) is 4.98 Å². The molecule has 1 heterocycles. The van der Waals surface area contributed by atoms with Crippen LogP contribution < -0.4 is 14.8 Å². The van der Waals surface area contributed by atoms with E-state index in [0.717, 1.165) is 21.7 Å². The summed E-state index contributed by atoms with van der Waals surface area (Å²) in [6.45, 7) is 6.59. The Balaban J connectivity index is 1.61. The maximum atomic E-state index is 12.4. The highest BCUT2D eigenvalue weighted by Crippen LogP contribution is 2.31. The highest BCUT2D eigenvalue weighted by Gasteiger charge is 2.13. The van der Waals surface area contributed by atoms with Gasteiger partial charge in [0, 0.05) is 16.9 Å². The Morgan fingerprint density at radius 3 is 2.55 bits per heavy atom. The first-order chi connectivity index (χ1) is 14.0. The second-order valence-corrected chi connectivity index (χ2v) is 7.96. The van der Waals surface area contributed by atoms with Gasteiger partial charge in [-0.3, -0.25) is 4.79 Å². The maximum Gasteiger partial charge on any atom is 0.226 e. The van der Waals surface area contributed by atoms with E-state index in [0.29, 0.717) is 36.1 Å². The quantitative estimate of drug-likeness (QED) is 0.540. The van der Waals surface area contributed by atoms with Gasteiger partial charge in [0.05, 0.1) is 19.4 Å². The number of hydrogen-bond acceptors (Lipinski definition) is 5. The normalized spacial score (nSPS) is 10.6. The maximum absolute atomic E-state index is 12.4. The fraction of sp³-hybridized carbons (Fsp3) is 0.304. The molecule has 0 radical (unpaired) electrons. The minimum absolute atomic E-state index is 0.0537. The first-order valence-corrected chi connectivity index (χ1v) is 10.5. The van der Waals surface area contributed by atoms with Crippen LogP contribution in [0.1, 0.15) is 29.3 Å². The van der Waals surface area contributed by atoms with Crippen molar-refractivity contribution in [3.8, 4) is 22.8 Å². The lowest BCUT2D eigenvalue weighted by atomic mass is 10.1. The SMILES string of the molecule is CCOc1ccc(CCC(=O)Nc2nc(-c3ccc(C)cc3)c(C)s2)cc1OC. The molecule has 1 amide bonds. The van der Waals surface area contributed by atoms with Gasteiger partial charge < -0.3 is 14.8 Å². The van der Waals surface area contributed by atoms with Gasteiger partial charge in [-0.15, -0.1) is 11.3 Å². The molecule has 0 spiro atoms. The summed E-state index contributed by atoms with van der Waals surface area (Å²) in [6, 6.07) is 14.0. The van der Waals surface area contributed by atoms with Crippen LogP contribution in [0.5, 0.6) is 11.5 Å². The molecule has 6 heteroatoms. The number of carbonyl (C=O) groups is 1. The predicted octanol–water partition coefficient (Wildman–Crippen LogP) is 5.41. The van der Waals surface area contributed by atoms with E-state index in [1.807, 2.05) is 32.0 Å². The van der Waals surface area contributed by atoms with E-state index in [4.69, 9.17) is 9.47 Å². The van der Waals surface area contributed by atoms with Crippen molar-refractivity contribution >= 4 is 22.4 Å². The lowest BCUT2D eigenvalue weighted by Gasteiger charge is -2.10. The molecule has 0 saturated heterocycles. The van der Waals surface area contributed by atoms with Gasteiger partial charge in [0.25, 0.3) is 0 Å². The van der Waals surface area contributed by atoms with Crippen LogP contribution in [0.15, 0.2) is 42.5 Å². The Morgan fingerprint density at radius 1 is 1.10 bits per heavy atom. The molecular formula is C23H26N2O3S. The average Bonchev–Trinajstić information content (AvgIpc) is 3.07. The zero-order valence-electron chi connectivity index (χ0n) is 17.2. The van der Waals surface area contributed by atoms with Gasteiger partial charge in [-0.05, 0) is 44.9 Å². The van der Waals surface area contributed by atoms with E-state index in [-0.39, 0.29) is 5.91 Å². The van der Waals surface area contributed by atoms with E-state index in [1.165, 1.54) is 16.9 Å². The fourth-order valence-electron chi connectivity index (χ4n) is 3.01. The monoisotopic (exact) mass is 410 g/mol. The van der Waals surface area contributed by atoms with Crippen LogP contribution in [0.4, 0.5) is 5.13 Å². The van der Waals surface area contributed by atoms with Crippen LogP contribution in [0.2, 0.25) is 0 Å². The minimum atomic E-state index is -0.0537. The number of benzene rings is 2. The number of anilines is 1. The number of carbonyl (C=O) groups excluding carboxylic acids is 1. The number of nitrogens with zero attached hydrogens (tertiary/aromatic N) is 1. The molecule has 2 aromatic carbocycles. The summed E-state index contributed by atoms with van der Waals surface area (Å²) in [5.74, 6) is 1.34. The van der Waals surface area contributed by atoms with Crippen molar-refractivity contribution in [2.75, 3.05) is 19.0 Å². The van der Waals surface area contributed by atoms with Gasteiger partial charge in [0.15, 0.2) is 16.6 Å². The summed E-state index contributed by atoms with van der Waals surface area (Å²) < 4.78 is 10.9. The van der Waals surface area contributed by atoms with Gasteiger partial charge in [0.1, 0.15) is 0 Å². The van der Waals surface area contributed by atoms with Crippen LogP contribution in [0.25, 0.3) is 11.3 Å². The summed E-state index contributed by atoms with van der Waals surface area (Å²) in [5, 5.41) is 3.56. The number of ether oxygens (including phenoxy) is 2. The van der Waals surface area contributed by atoms with E-state index in [2.05, 4.69) is 41.5 Å². The smallest absolute Gasteiger partial charge is 0.226 e. The molecule has 0 bridgehead atoms. The fourth-order valence-corrected chi connectivity index (χ4v) is 3.86. The number of aromatic nitrogens is 1. The van der Waals surface area contributed by atoms with E-state index in [9.17, 15) is 4.79 Å². The Kier molecular flexibility index (Phi) is 6.88. The summed E-state index contributed by atoms with van der Waals surface area (Å²) in [7, 11) is 1.62. The van der Waals surface area contributed by atoms with E-state index < -0.39 is 0 Å². The second-order valence-electron chi connectivity index (χ2n) is 6.76. The molecule has 0 aliphatic carbocycles. The molecule has 5 nitrogen and oxygen atoms in total. The largest absolute Gasteiger partial charge is 0.493 e. The average molecular weight is 411 g/mol. The Bertz CT molecular complexity index is 980. The molecule has 0 aliphatic heterocycles. The van der Waals surface area contributed by atoms with Crippen molar-refractivity contribution in [2.45, 2.75) is 33.6 Å². The molecule has 1 aromatic heterocycles. The zero-order valence-corrected chi connectivity index (χ0v) is 18.1. The predicted molar refractivity (Wildman–Crippen MR) is 118 cm³/mol. The molecule has 0 atom stereocenters. The molecule has 152 valence electrons. The van der Waals surface area contributed by atoms with E-state index in [1.54, 1.807) is 7.11 Å². The number of amides is 1.